The summed E-state index contributed by atoms with van der Waals surface area (Å²) in [5.74, 6) is -0.335. The zero-order chi connectivity index (χ0) is 13.8. The van der Waals surface area contributed by atoms with E-state index in [2.05, 4.69) is 27.3 Å². The van der Waals surface area contributed by atoms with Gasteiger partial charge in [-0.3, -0.25) is 0 Å². The molecule has 2 aromatic carbocycles. The molecule has 96 valence electrons. The molecule has 0 amide bonds. The lowest BCUT2D eigenvalue weighted by Gasteiger charge is -2.09. The van der Waals surface area contributed by atoms with E-state index in [-0.39, 0.29) is 12.2 Å². The minimum absolute atomic E-state index is 0.246. The first-order valence-electron chi connectivity index (χ1n) is 5.57. The van der Waals surface area contributed by atoms with Gasteiger partial charge in [0.1, 0.15) is 5.82 Å². The lowest BCUT2D eigenvalue weighted by molar-refractivity contribution is 0.622. The van der Waals surface area contributed by atoms with Crippen LogP contribution in [0.4, 0.5) is 21.5 Å². The van der Waals surface area contributed by atoms with Crippen molar-refractivity contribution in [3.8, 4) is 6.07 Å². The van der Waals surface area contributed by atoms with Crippen LogP contribution < -0.4 is 11.1 Å². The number of nitrogen functional groups attached to an aromatic ring is 1. The topological polar surface area (TPSA) is 61.8 Å². The molecule has 3 N–H and O–H groups in total. The summed E-state index contributed by atoms with van der Waals surface area (Å²) in [5, 5.41) is 11.8. The molecule has 0 unspecified atom stereocenters. The second-order valence-corrected chi connectivity index (χ2v) is 4.86. The fourth-order valence-electron chi connectivity index (χ4n) is 1.66. The van der Waals surface area contributed by atoms with E-state index < -0.39 is 0 Å². The van der Waals surface area contributed by atoms with Gasteiger partial charge < -0.3 is 11.1 Å². The van der Waals surface area contributed by atoms with Crippen molar-refractivity contribution < 1.29 is 4.39 Å². The molecule has 0 aliphatic heterocycles. The Morgan fingerprint density at radius 2 is 1.89 bits per heavy atom. The third-order valence-corrected chi connectivity index (χ3v) is 3.26. The quantitative estimate of drug-likeness (QED) is 0.841. The van der Waals surface area contributed by atoms with E-state index in [1.54, 1.807) is 30.3 Å². The van der Waals surface area contributed by atoms with Crippen molar-refractivity contribution in [3.63, 3.8) is 0 Å². The van der Waals surface area contributed by atoms with Gasteiger partial charge in [0.05, 0.1) is 17.0 Å². The SMILES string of the molecule is N#CCc1cc(Nc2ccc(Br)c(F)c2)ccc1N. The molecule has 0 saturated carbocycles. The van der Waals surface area contributed by atoms with E-state index in [9.17, 15) is 4.39 Å². The molecule has 0 aliphatic rings. The highest BCUT2D eigenvalue weighted by molar-refractivity contribution is 9.10. The van der Waals surface area contributed by atoms with E-state index in [0.717, 1.165) is 11.3 Å². The van der Waals surface area contributed by atoms with Crippen molar-refractivity contribution in [1.29, 1.82) is 5.26 Å². The van der Waals surface area contributed by atoms with Crippen LogP contribution in [0.15, 0.2) is 40.9 Å². The van der Waals surface area contributed by atoms with Crippen LogP contribution in [-0.4, -0.2) is 0 Å². The van der Waals surface area contributed by atoms with E-state index in [1.165, 1.54) is 6.07 Å². The number of hydrogen-bond acceptors (Lipinski definition) is 3. The van der Waals surface area contributed by atoms with Crippen molar-refractivity contribution in [2.24, 2.45) is 0 Å². The van der Waals surface area contributed by atoms with Crippen LogP contribution >= 0.6 is 15.9 Å². The predicted molar refractivity (Wildman–Crippen MR) is 77.6 cm³/mol. The molecule has 0 atom stereocenters. The van der Waals surface area contributed by atoms with E-state index in [1.807, 2.05) is 0 Å². The molecule has 5 heteroatoms. The number of nitrogens with zero attached hydrogens (tertiary/aromatic N) is 1. The van der Waals surface area contributed by atoms with Gasteiger partial charge in [0.25, 0.3) is 0 Å². The Hall–Kier alpha value is -2.06. The van der Waals surface area contributed by atoms with Crippen LogP contribution in [0.5, 0.6) is 0 Å². The van der Waals surface area contributed by atoms with Crippen molar-refractivity contribution in [2.45, 2.75) is 6.42 Å². The fraction of sp³-hybridized carbons (Fsp3) is 0.0714. The summed E-state index contributed by atoms with van der Waals surface area (Å²) in [4.78, 5) is 0. The number of anilines is 3. The molecule has 0 spiro atoms. The Morgan fingerprint density at radius 3 is 2.58 bits per heavy atom. The van der Waals surface area contributed by atoms with Crippen molar-refractivity contribution in [1.82, 2.24) is 0 Å². The Morgan fingerprint density at radius 1 is 1.21 bits per heavy atom. The van der Waals surface area contributed by atoms with Crippen LogP contribution in [-0.2, 0) is 6.42 Å². The summed E-state index contributed by atoms with van der Waals surface area (Å²) >= 11 is 3.10. The highest BCUT2D eigenvalue weighted by Crippen LogP contribution is 2.24. The van der Waals surface area contributed by atoms with E-state index in [4.69, 9.17) is 11.0 Å². The number of nitriles is 1. The van der Waals surface area contributed by atoms with Gasteiger partial charge in [-0.05, 0) is 57.9 Å². The van der Waals surface area contributed by atoms with Gasteiger partial charge in [0, 0.05) is 17.1 Å². The minimum atomic E-state index is -0.335. The first-order valence-corrected chi connectivity index (χ1v) is 6.37. The van der Waals surface area contributed by atoms with Gasteiger partial charge in [-0.15, -0.1) is 0 Å². The van der Waals surface area contributed by atoms with E-state index in [0.29, 0.717) is 15.8 Å². The van der Waals surface area contributed by atoms with Crippen molar-refractivity contribution in [3.05, 3.63) is 52.3 Å². The number of rotatable bonds is 3. The third kappa shape index (κ3) is 3.24. The summed E-state index contributed by atoms with van der Waals surface area (Å²) < 4.78 is 13.8. The maximum Gasteiger partial charge on any atom is 0.139 e. The second kappa shape index (κ2) is 5.72. The first kappa shape index (κ1) is 13.4. The molecule has 0 saturated heterocycles. The molecule has 0 aromatic heterocycles. The van der Waals surface area contributed by atoms with Gasteiger partial charge in [-0.25, -0.2) is 4.39 Å². The Bertz CT molecular complexity index is 650. The Labute approximate surface area is 119 Å². The maximum absolute atomic E-state index is 13.4. The van der Waals surface area contributed by atoms with Crippen molar-refractivity contribution in [2.75, 3.05) is 11.1 Å². The lowest BCUT2D eigenvalue weighted by Crippen LogP contribution is -1.97. The summed E-state index contributed by atoms with van der Waals surface area (Å²) in [6, 6.07) is 12.1. The van der Waals surface area contributed by atoms with Gasteiger partial charge >= 0.3 is 0 Å². The largest absolute Gasteiger partial charge is 0.398 e. The second-order valence-electron chi connectivity index (χ2n) is 4.00. The third-order valence-electron chi connectivity index (χ3n) is 2.62. The van der Waals surface area contributed by atoms with Crippen LogP contribution in [0.25, 0.3) is 0 Å². The molecule has 19 heavy (non-hydrogen) atoms. The van der Waals surface area contributed by atoms with Crippen LogP contribution in [0.1, 0.15) is 5.56 Å². The molecular weight excluding hydrogens is 309 g/mol. The normalized spacial score (nSPS) is 9.95. The van der Waals surface area contributed by atoms with Gasteiger partial charge in [0.15, 0.2) is 0 Å². The predicted octanol–water partition coefficient (Wildman–Crippen LogP) is 3.98. The van der Waals surface area contributed by atoms with Crippen LogP contribution in [0.2, 0.25) is 0 Å². The zero-order valence-corrected chi connectivity index (χ0v) is 11.5. The molecule has 3 nitrogen and oxygen atoms in total. The Kier molecular flexibility index (Phi) is 4.03. The number of nitrogens with one attached hydrogen (secondary N) is 1. The molecular formula is C14H11BrFN3. The molecule has 0 bridgehead atoms. The smallest absolute Gasteiger partial charge is 0.139 e. The van der Waals surface area contributed by atoms with Crippen LogP contribution in [0, 0.1) is 17.1 Å². The average molecular weight is 320 g/mol. The first-order chi connectivity index (χ1) is 9.10. The highest BCUT2D eigenvalue weighted by atomic mass is 79.9. The number of halogens is 2. The number of nitrogens with two attached hydrogens (primary N) is 1. The minimum Gasteiger partial charge on any atom is -0.398 e. The average Bonchev–Trinajstić information content (AvgIpc) is 2.38. The van der Waals surface area contributed by atoms with Crippen LogP contribution in [0.3, 0.4) is 0 Å². The number of benzene rings is 2. The van der Waals surface area contributed by atoms with Gasteiger partial charge in [0.2, 0.25) is 0 Å². The molecule has 0 aliphatic carbocycles. The molecule has 0 fully saturated rings. The molecule has 0 heterocycles. The van der Waals surface area contributed by atoms with Gasteiger partial charge in [-0.2, -0.15) is 5.26 Å². The summed E-state index contributed by atoms with van der Waals surface area (Å²) in [7, 11) is 0. The maximum atomic E-state index is 13.4. The summed E-state index contributed by atoms with van der Waals surface area (Å²) in [5.41, 5.74) is 8.50. The molecule has 2 rings (SSSR count). The molecule has 2 aromatic rings. The highest BCUT2D eigenvalue weighted by Gasteiger charge is 2.04. The summed E-state index contributed by atoms with van der Waals surface area (Å²) in [6.45, 7) is 0. The monoisotopic (exact) mass is 319 g/mol. The fourth-order valence-corrected chi connectivity index (χ4v) is 1.91. The Balaban J connectivity index is 2.25. The standard InChI is InChI=1S/C14H11BrFN3/c15-12-3-1-11(8-13(12)16)19-10-2-4-14(18)9(7-10)5-6-17/h1-4,7-8,19H,5,18H2. The molecule has 0 radical (unpaired) electrons. The zero-order valence-electron chi connectivity index (χ0n) is 9.95. The summed E-state index contributed by atoms with van der Waals surface area (Å²) in [6.07, 6.45) is 0.246. The number of hydrogen-bond donors (Lipinski definition) is 2. The lowest BCUT2D eigenvalue weighted by atomic mass is 10.1. The van der Waals surface area contributed by atoms with E-state index >= 15 is 0 Å². The van der Waals surface area contributed by atoms with Gasteiger partial charge in [-0.1, -0.05) is 0 Å². The van der Waals surface area contributed by atoms with Crippen molar-refractivity contribution >= 4 is 33.0 Å².